The van der Waals surface area contributed by atoms with Crippen molar-refractivity contribution in [3.63, 3.8) is 0 Å². The molecule has 1 aliphatic carbocycles. The van der Waals surface area contributed by atoms with E-state index in [1.54, 1.807) is 0 Å². The van der Waals surface area contributed by atoms with Crippen LogP contribution in [0.3, 0.4) is 0 Å². The summed E-state index contributed by atoms with van der Waals surface area (Å²) in [6.45, 7) is 0.127. The van der Waals surface area contributed by atoms with E-state index >= 15 is 0 Å². The molecule has 1 fully saturated rings. The van der Waals surface area contributed by atoms with Crippen LogP contribution in [0.25, 0.3) is 0 Å². The van der Waals surface area contributed by atoms with E-state index in [1.807, 2.05) is 0 Å². The van der Waals surface area contributed by atoms with Crippen LogP contribution < -0.4 is 4.74 Å². The summed E-state index contributed by atoms with van der Waals surface area (Å²) < 4.78 is 42.5. The molecular formula is C15H19F3O2. The van der Waals surface area contributed by atoms with E-state index in [0.717, 1.165) is 25.0 Å². The van der Waals surface area contributed by atoms with Gasteiger partial charge >= 0.3 is 6.18 Å². The molecule has 20 heavy (non-hydrogen) atoms. The molecule has 112 valence electrons. The van der Waals surface area contributed by atoms with Gasteiger partial charge in [-0.25, -0.2) is 0 Å². The predicted octanol–water partition coefficient (Wildman–Crippen LogP) is 4.03. The summed E-state index contributed by atoms with van der Waals surface area (Å²) >= 11 is 0. The minimum Gasteiger partial charge on any atom is -0.491 e. The maximum atomic E-state index is 12.4. The van der Waals surface area contributed by atoms with Gasteiger partial charge in [0.05, 0.1) is 11.7 Å². The molecular weight excluding hydrogens is 269 g/mol. The molecule has 0 radical (unpaired) electrons. The van der Waals surface area contributed by atoms with Crippen molar-refractivity contribution in [2.45, 2.75) is 44.4 Å². The Morgan fingerprint density at radius 1 is 1.15 bits per heavy atom. The molecule has 0 aromatic heterocycles. The molecule has 1 unspecified atom stereocenters. The Morgan fingerprint density at radius 3 is 2.30 bits per heavy atom. The molecule has 1 N–H and O–H groups in total. The molecule has 1 saturated carbocycles. The van der Waals surface area contributed by atoms with Gasteiger partial charge in [-0.1, -0.05) is 25.7 Å². The van der Waals surface area contributed by atoms with E-state index < -0.39 is 17.8 Å². The SMILES string of the molecule is OC(COc1ccc(C(F)(F)F)cc1)CC1CCCC1. The summed E-state index contributed by atoms with van der Waals surface area (Å²) in [5, 5.41) is 9.85. The third-order valence-electron chi connectivity index (χ3n) is 3.70. The van der Waals surface area contributed by atoms with E-state index in [4.69, 9.17) is 4.74 Å². The molecule has 0 bridgehead atoms. The Morgan fingerprint density at radius 2 is 1.75 bits per heavy atom. The molecule has 1 atom stereocenters. The number of benzene rings is 1. The minimum absolute atomic E-state index is 0.127. The van der Waals surface area contributed by atoms with Crippen molar-refractivity contribution < 1.29 is 23.0 Å². The topological polar surface area (TPSA) is 29.5 Å². The monoisotopic (exact) mass is 288 g/mol. The van der Waals surface area contributed by atoms with Crippen molar-refractivity contribution >= 4 is 0 Å². The second kappa shape index (κ2) is 6.48. The van der Waals surface area contributed by atoms with Gasteiger partial charge in [-0.2, -0.15) is 13.2 Å². The first-order valence-corrected chi connectivity index (χ1v) is 6.93. The summed E-state index contributed by atoms with van der Waals surface area (Å²) in [7, 11) is 0. The molecule has 0 heterocycles. The lowest BCUT2D eigenvalue weighted by atomic mass is 10.0. The van der Waals surface area contributed by atoms with Gasteiger partial charge in [0.25, 0.3) is 0 Å². The molecule has 0 saturated heterocycles. The van der Waals surface area contributed by atoms with Crippen molar-refractivity contribution in [1.82, 2.24) is 0 Å². The number of aliphatic hydroxyl groups excluding tert-OH is 1. The summed E-state index contributed by atoms with van der Waals surface area (Å²) in [6, 6.07) is 4.54. The molecule has 0 spiro atoms. The minimum atomic E-state index is -4.33. The average Bonchev–Trinajstić information content (AvgIpc) is 2.88. The number of alkyl halides is 3. The molecule has 0 amide bonds. The largest absolute Gasteiger partial charge is 0.491 e. The summed E-state index contributed by atoms with van der Waals surface area (Å²) in [4.78, 5) is 0. The second-order valence-electron chi connectivity index (χ2n) is 5.37. The zero-order valence-electron chi connectivity index (χ0n) is 11.2. The highest BCUT2D eigenvalue weighted by Crippen LogP contribution is 2.31. The van der Waals surface area contributed by atoms with Crippen molar-refractivity contribution in [3.8, 4) is 5.75 Å². The average molecular weight is 288 g/mol. The number of halogens is 3. The van der Waals surface area contributed by atoms with Crippen LogP contribution in [0.4, 0.5) is 13.2 Å². The molecule has 1 aromatic carbocycles. The van der Waals surface area contributed by atoms with Crippen LogP contribution in [0.2, 0.25) is 0 Å². The van der Waals surface area contributed by atoms with Crippen LogP contribution in [-0.4, -0.2) is 17.8 Å². The van der Waals surface area contributed by atoms with Gasteiger partial charge in [0.2, 0.25) is 0 Å². The summed E-state index contributed by atoms with van der Waals surface area (Å²) in [5.41, 5.74) is -0.698. The summed E-state index contributed by atoms with van der Waals surface area (Å²) in [5.74, 6) is 0.907. The number of ether oxygens (including phenoxy) is 1. The van der Waals surface area contributed by atoms with Crippen LogP contribution in [0.5, 0.6) is 5.75 Å². The first-order chi connectivity index (χ1) is 9.45. The third-order valence-corrected chi connectivity index (χ3v) is 3.70. The molecule has 1 aliphatic rings. The van der Waals surface area contributed by atoms with Crippen LogP contribution in [0.15, 0.2) is 24.3 Å². The van der Waals surface area contributed by atoms with Crippen LogP contribution in [-0.2, 0) is 6.18 Å². The number of rotatable bonds is 5. The van der Waals surface area contributed by atoms with Gasteiger partial charge in [0.15, 0.2) is 0 Å². The normalized spacial score (nSPS) is 18.2. The number of aliphatic hydroxyl groups is 1. The Labute approximate surface area is 116 Å². The standard InChI is InChI=1S/C15H19F3O2/c16-15(17,18)12-5-7-14(8-6-12)20-10-13(19)9-11-3-1-2-4-11/h5-8,11,13,19H,1-4,9-10H2. The first kappa shape index (κ1) is 15.2. The summed E-state index contributed by atoms with van der Waals surface area (Å²) in [6.07, 6.45) is 0.560. The fraction of sp³-hybridized carbons (Fsp3) is 0.600. The smallest absolute Gasteiger partial charge is 0.416 e. The fourth-order valence-electron chi connectivity index (χ4n) is 2.63. The van der Waals surface area contributed by atoms with Gasteiger partial charge in [0, 0.05) is 0 Å². The molecule has 0 aliphatic heterocycles. The maximum absolute atomic E-state index is 12.4. The highest BCUT2D eigenvalue weighted by atomic mass is 19.4. The molecule has 5 heteroatoms. The van der Waals surface area contributed by atoms with Crippen LogP contribution >= 0.6 is 0 Å². The third kappa shape index (κ3) is 4.40. The van der Waals surface area contributed by atoms with Gasteiger partial charge < -0.3 is 9.84 Å². The van der Waals surface area contributed by atoms with E-state index in [0.29, 0.717) is 18.1 Å². The molecule has 2 rings (SSSR count). The number of hydrogen-bond acceptors (Lipinski definition) is 2. The number of hydrogen-bond donors (Lipinski definition) is 1. The lowest BCUT2D eigenvalue weighted by Crippen LogP contribution is -2.20. The van der Waals surface area contributed by atoms with Gasteiger partial charge in [-0.15, -0.1) is 0 Å². The van der Waals surface area contributed by atoms with E-state index in [-0.39, 0.29) is 6.61 Å². The van der Waals surface area contributed by atoms with Gasteiger partial charge in [-0.3, -0.25) is 0 Å². The van der Waals surface area contributed by atoms with Crippen LogP contribution in [0, 0.1) is 5.92 Å². The highest BCUT2D eigenvalue weighted by Gasteiger charge is 2.30. The first-order valence-electron chi connectivity index (χ1n) is 6.93. The zero-order valence-corrected chi connectivity index (χ0v) is 11.2. The lowest BCUT2D eigenvalue weighted by Gasteiger charge is -2.16. The Balaban J connectivity index is 1.78. The highest BCUT2D eigenvalue weighted by molar-refractivity contribution is 5.28. The van der Waals surface area contributed by atoms with Crippen molar-refractivity contribution in [3.05, 3.63) is 29.8 Å². The van der Waals surface area contributed by atoms with E-state index in [2.05, 4.69) is 0 Å². The Hall–Kier alpha value is -1.23. The Kier molecular flexibility index (Phi) is 4.91. The van der Waals surface area contributed by atoms with E-state index in [9.17, 15) is 18.3 Å². The Bertz CT molecular complexity index is 408. The van der Waals surface area contributed by atoms with Crippen molar-refractivity contribution in [1.29, 1.82) is 0 Å². The molecule has 1 aromatic rings. The van der Waals surface area contributed by atoms with Gasteiger partial charge in [0.1, 0.15) is 12.4 Å². The van der Waals surface area contributed by atoms with Crippen LogP contribution in [0.1, 0.15) is 37.7 Å². The second-order valence-corrected chi connectivity index (χ2v) is 5.37. The van der Waals surface area contributed by atoms with Crippen molar-refractivity contribution in [2.75, 3.05) is 6.61 Å². The fourth-order valence-corrected chi connectivity index (χ4v) is 2.63. The predicted molar refractivity (Wildman–Crippen MR) is 69.5 cm³/mol. The van der Waals surface area contributed by atoms with Gasteiger partial charge in [-0.05, 0) is 36.6 Å². The van der Waals surface area contributed by atoms with E-state index in [1.165, 1.54) is 25.0 Å². The van der Waals surface area contributed by atoms with Crippen molar-refractivity contribution in [2.24, 2.45) is 5.92 Å². The maximum Gasteiger partial charge on any atom is 0.416 e. The lowest BCUT2D eigenvalue weighted by molar-refractivity contribution is -0.137. The molecule has 2 nitrogen and oxygen atoms in total. The zero-order chi connectivity index (χ0) is 14.6. The quantitative estimate of drug-likeness (QED) is 0.886.